The Morgan fingerprint density at radius 2 is 2.04 bits per heavy atom. The molecule has 8 heteroatoms. The lowest BCUT2D eigenvalue weighted by Gasteiger charge is -2.16. The Kier molecular flexibility index (Phi) is 5.28. The van der Waals surface area contributed by atoms with Crippen LogP contribution in [0.5, 0.6) is 0 Å². The molecule has 2 aromatic rings. The van der Waals surface area contributed by atoms with Crippen LogP contribution in [0.4, 0.5) is 13.6 Å². The molecule has 0 bridgehead atoms. The molecule has 2 atom stereocenters. The highest BCUT2D eigenvalue weighted by molar-refractivity contribution is 5.74. The number of hydrogen-bond acceptors (Lipinski definition) is 3. The summed E-state index contributed by atoms with van der Waals surface area (Å²) in [6, 6.07) is 2.44. The molecule has 124 valence electrons. The van der Waals surface area contributed by atoms with E-state index in [1.807, 2.05) is 0 Å². The number of hydrogen-bond donors (Lipinski definition) is 3. The minimum absolute atomic E-state index is 0.300. The second-order valence-corrected chi connectivity index (χ2v) is 5.17. The predicted molar refractivity (Wildman–Crippen MR) is 79.5 cm³/mol. The molecule has 0 fully saturated rings. The lowest BCUT2D eigenvalue weighted by Crippen LogP contribution is -2.39. The largest absolute Gasteiger partial charge is 0.386 e. The maximum absolute atomic E-state index is 13.5. The van der Waals surface area contributed by atoms with Crippen LogP contribution >= 0.6 is 0 Å². The fraction of sp³-hybridized carbons (Fsp3) is 0.333. The molecule has 0 saturated heterocycles. The molecule has 2 rings (SSSR count). The summed E-state index contributed by atoms with van der Waals surface area (Å²) in [5.41, 5.74) is 0.344. The molecule has 0 spiro atoms. The second-order valence-electron chi connectivity index (χ2n) is 5.17. The van der Waals surface area contributed by atoms with Crippen molar-refractivity contribution in [2.24, 2.45) is 7.05 Å². The van der Waals surface area contributed by atoms with E-state index in [9.17, 15) is 18.7 Å². The molecule has 0 radical (unpaired) electrons. The van der Waals surface area contributed by atoms with Crippen molar-refractivity contribution in [2.45, 2.75) is 19.1 Å². The first kappa shape index (κ1) is 16.9. The average Bonchev–Trinajstić information content (AvgIpc) is 2.91. The number of aromatic nitrogens is 2. The number of carbonyl (C=O) groups excluding carboxylic acids is 1. The van der Waals surface area contributed by atoms with Crippen LogP contribution in [0, 0.1) is 11.6 Å². The Morgan fingerprint density at radius 3 is 2.61 bits per heavy atom. The Bertz CT molecular complexity index is 670. The predicted octanol–water partition coefficient (Wildman–Crippen LogP) is 1.79. The van der Waals surface area contributed by atoms with Crippen LogP contribution in [0.1, 0.15) is 30.2 Å². The third-order valence-corrected chi connectivity index (χ3v) is 3.36. The first-order valence-corrected chi connectivity index (χ1v) is 7.03. The average molecular weight is 324 g/mol. The number of nitrogens with one attached hydrogen (secondary N) is 2. The monoisotopic (exact) mass is 324 g/mol. The molecule has 6 nitrogen and oxygen atoms in total. The molecule has 0 aliphatic carbocycles. The molecule has 1 aromatic carbocycles. The Labute approximate surface area is 132 Å². The van der Waals surface area contributed by atoms with Crippen LogP contribution in [0.2, 0.25) is 0 Å². The molecule has 1 aromatic heterocycles. The molecule has 0 aliphatic heterocycles. The summed E-state index contributed by atoms with van der Waals surface area (Å²) in [6.07, 6.45) is 1.90. The van der Waals surface area contributed by atoms with Gasteiger partial charge in [-0.3, -0.25) is 4.68 Å². The summed E-state index contributed by atoms with van der Waals surface area (Å²) < 4.78 is 28.7. The summed E-state index contributed by atoms with van der Waals surface area (Å²) in [4.78, 5) is 11.8. The SMILES string of the molecule is CC(NC(=O)NCC(O)c1c(F)cccc1F)c1cnn(C)c1. The van der Waals surface area contributed by atoms with E-state index >= 15 is 0 Å². The number of benzene rings is 1. The summed E-state index contributed by atoms with van der Waals surface area (Å²) in [6.45, 7) is 1.45. The fourth-order valence-electron chi connectivity index (χ4n) is 2.12. The first-order valence-electron chi connectivity index (χ1n) is 7.03. The van der Waals surface area contributed by atoms with E-state index in [1.165, 1.54) is 6.07 Å². The van der Waals surface area contributed by atoms with Gasteiger partial charge in [0.15, 0.2) is 0 Å². The minimum atomic E-state index is -1.48. The van der Waals surface area contributed by atoms with Crippen molar-refractivity contribution in [3.63, 3.8) is 0 Å². The van der Waals surface area contributed by atoms with Crippen molar-refractivity contribution < 1.29 is 18.7 Å². The number of nitrogens with zero attached hydrogens (tertiary/aromatic N) is 2. The van der Waals surface area contributed by atoms with E-state index < -0.39 is 29.3 Å². The lowest BCUT2D eigenvalue weighted by atomic mass is 10.1. The van der Waals surface area contributed by atoms with Gasteiger partial charge in [0.05, 0.1) is 17.8 Å². The molecule has 0 aliphatic rings. The Balaban J connectivity index is 1.89. The topological polar surface area (TPSA) is 79.2 Å². The second kappa shape index (κ2) is 7.19. The van der Waals surface area contributed by atoms with Crippen molar-refractivity contribution in [1.29, 1.82) is 0 Å². The molecule has 0 saturated carbocycles. The zero-order valence-electron chi connectivity index (χ0n) is 12.8. The van der Waals surface area contributed by atoms with E-state index in [0.29, 0.717) is 0 Å². The number of halogens is 2. The van der Waals surface area contributed by atoms with Crippen LogP contribution in [-0.4, -0.2) is 27.5 Å². The van der Waals surface area contributed by atoms with Gasteiger partial charge >= 0.3 is 6.03 Å². The molecule has 23 heavy (non-hydrogen) atoms. The Morgan fingerprint density at radius 1 is 1.39 bits per heavy atom. The van der Waals surface area contributed by atoms with Gasteiger partial charge in [-0.15, -0.1) is 0 Å². The number of amides is 2. The maximum atomic E-state index is 13.5. The van der Waals surface area contributed by atoms with Crippen molar-refractivity contribution in [3.05, 3.63) is 53.4 Å². The fourth-order valence-corrected chi connectivity index (χ4v) is 2.12. The van der Waals surface area contributed by atoms with Crippen LogP contribution in [0.15, 0.2) is 30.6 Å². The summed E-state index contributed by atoms with van der Waals surface area (Å²) in [7, 11) is 1.76. The number of aliphatic hydroxyl groups excluding tert-OH is 1. The van der Waals surface area contributed by atoms with Gasteiger partial charge < -0.3 is 15.7 Å². The zero-order valence-corrected chi connectivity index (χ0v) is 12.8. The summed E-state index contributed by atoms with van der Waals surface area (Å²) >= 11 is 0. The number of carbonyl (C=O) groups is 1. The molecular weight excluding hydrogens is 306 g/mol. The first-order chi connectivity index (χ1) is 10.9. The quantitative estimate of drug-likeness (QED) is 0.784. The van der Waals surface area contributed by atoms with Gasteiger partial charge in [0, 0.05) is 25.4 Å². The van der Waals surface area contributed by atoms with Gasteiger partial charge in [-0.1, -0.05) is 6.07 Å². The van der Waals surface area contributed by atoms with E-state index in [0.717, 1.165) is 17.7 Å². The van der Waals surface area contributed by atoms with Gasteiger partial charge in [-0.25, -0.2) is 13.6 Å². The van der Waals surface area contributed by atoms with E-state index in [4.69, 9.17) is 0 Å². The van der Waals surface area contributed by atoms with Gasteiger partial charge in [0.25, 0.3) is 0 Å². The lowest BCUT2D eigenvalue weighted by molar-refractivity contribution is 0.164. The van der Waals surface area contributed by atoms with Gasteiger partial charge in [0.1, 0.15) is 17.7 Å². The van der Waals surface area contributed by atoms with Crippen LogP contribution in [0.25, 0.3) is 0 Å². The van der Waals surface area contributed by atoms with Crippen molar-refractivity contribution in [1.82, 2.24) is 20.4 Å². The summed E-state index contributed by atoms with van der Waals surface area (Å²) in [5.74, 6) is -1.72. The number of urea groups is 1. The highest BCUT2D eigenvalue weighted by atomic mass is 19.1. The maximum Gasteiger partial charge on any atom is 0.315 e. The van der Waals surface area contributed by atoms with E-state index in [1.54, 1.807) is 31.0 Å². The van der Waals surface area contributed by atoms with Gasteiger partial charge in [0.2, 0.25) is 0 Å². The standard InChI is InChI=1S/C15H18F2N4O2/c1-9(10-6-19-21(2)8-10)20-15(23)18-7-13(22)14-11(16)4-3-5-12(14)17/h3-6,8-9,13,22H,7H2,1-2H3,(H2,18,20,23). The van der Waals surface area contributed by atoms with Gasteiger partial charge in [-0.05, 0) is 19.1 Å². The van der Waals surface area contributed by atoms with Crippen LogP contribution < -0.4 is 10.6 Å². The van der Waals surface area contributed by atoms with Crippen LogP contribution in [-0.2, 0) is 7.05 Å². The molecule has 1 heterocycles. The van der Waals surface area contributed by atoms with Gasteiger partial charge in [-0.2, -0.15) is 5.10 Å². The number of aryl methyl sites for hydroxylation is 1. The van der Waals surface area contributed by atoms with E-state index in [2.05, 4.69) is 15.7 Å². The normalized spacial score (nSPS) is 13.4. The molecule has 3 N–H and O–H groups in total. The van der Waals surface area contributed by atoms with Crippen molar-refractivity contribution in [3.8, 4) is 0 Å². The highest BCUT2D eigenvalue weighted by Crippen LogP contribution is 2.20. The van der Waals surface area contributed by atoms with Crippen LogP contribution in [0.3, 0.4) is 0 Å². The summed E-state index contributed by atoms with van der Waals surface area (Å²) in [5, 5.41) is 18.9. The molecule has 2 amide bonds. The smallest absolute Gasteiger partial charge is 0.315 e. The Hall–Kier alpha value is -2.48. The third kappa shape index (κ3) is 4.26. The molecular formula is C15H18F2N4O2. The third-order valence-electron chi connectivity index (χ3n) is 3.36. The van der Waals surface area contributed by atoms with E-state index in [-0.39, 0.29) is 12.6 Å². The van der Waals surface area contributed by atoms with Crippen molar-refractivity contribution >= 4 is 6.03 Å². The number of aliphatic hydroxyl groups is 1. The number of rotatable bonds is 5. The molecule has 2 unspecified atom stereocenters. The highest BCUT2D eigenvalue weighted by Gasteiger charge is 2.19. The minimum Gasteiger partial charge on any atom is -0.386 e. The van der Waals surface area contributed by atoms with Crippen molar-refractivity contribution in [2.75, 3.05) is 6.54 Å². The zero-order chi connectivity index (χ0) is 17.0.